The van der Waals surface area contributed by atoms with Crippen LogP contribution in [0.25, 0.3) is 5.65 Å². The van der Waals surface area contributed by atoms with Gasteiger partial charge in [0.25, 0.3) is 0 Å². The molecule has 3 rings (SSSR count). The maximum atomic E-state index is 5.86. The minimum atomic E-state index is 0. The van der Waals surface area contributed by atoms with Crippen molar-refractivity contribution < 1.29 is 4.74 Å². The minimum absolute atomic E-state index is 0. The molecule has 130 valence electrons. The van der Waals surface area contributed by atoms with E-state index in [1.165, 1.54) is 12.8 Å². The van der Waals surface area contributed by atoms with Crippen LogP contribution in [0.5, 0.6) is 5.88 Å². The van der Waals surface area contributed by atoms with Crippen molar-refractivity contribution in [3.8, 4) is 5.88 Å². The molecule has 0 radical (unpaired) electrons. The van der Waals surface area contributed by atoms with E-state index in [1.807, 2.05) is 22.8 Å². The Kier molecular flexibility index (Phi) is 7.11. The molecule has 1 saturated heterocycles. The number of rotatable bonds is 3. The Morgan fingerprint density at radius 3 is 2.57 bits per heavy atom. The number of ether oxygens (including phenoxy) is 1. The lowest BCUT2D eigenvalue weighted by Crippen LogP contribution is -2.30. The SMILES string of the molecule is CC(C)(C)c1cn2nc(OCC3CCNCC3)ccc2n1.Cl.Cl. The van der Waals surface area contributed by atoms with Gasteiger partial charge in [-0.25, -0.2) is 9.50 Å². The van der Waals surface area contributed by atoms with E-state index in [0.29, 0.717) is 11.8 Å². The second kappa shape index (κ2) is 8.18. The zero-order chi connectivity index (χ0) is 14.9. The van der Waals surface area contributed by atoms with Crippen molar-refractivity contribution in [2.45, 2.75) is 39.0 Å². The maximum Gasteiger partial charge on any atom is 0.231 e. The molecule has 2 aromatic heterocycles. The van der Waals surface area contributed by atoms with Crippen LogP contribution in [-0.2, 0) is 5.41 Å². The Bertz CT molecular complexity index is 618. The van der Waals surface area contributed by atoms with E-state index >= 15 is 0 Å². The topological polar surface area (TPSA) is 51.5 Å². The molecule has 0 bridgehead atoms. The molecule has 7 heteroatoms. The molecule has 1 fully saturated rings. The fourth-order valence-corrected chi connectivity index (χ4v) is 2.55. The lowest BCUT2D eigenvalue weighted by molar-refractivity contribution is 0.207. The summed E-state index contributed by atoms with van der Waals surface area (Å²) >= 11 is 0. The molecule has 23 heavy (non-hydrogen) atoms. The van der Waals surface area contributed by atoms with E-state index in [2.05, 4.69) is 36.2 Å². The molecule has 1 aliphatic heterocycles. The zero-order valence-corrected chi connectivity index (χ0v) is 15.5. The van der Waals surface area contributed by atoms with Gasteiger partial charge in [0.1, 0.15) is 0 Å². The van der Waals surface area contributed by atoms with Crippen LogP contribution in [0.4, 0.5) is 0 Å². The fraction of sp³-hybridized carbons (Fsp3) is 0.625. The zero-order valence-electron chi connectivity index (χ0n) is 13.9. The summed E-state index contributed by atoms with van der Waals surface area (Å²) < 4.78 is 7.68. The van der Waals surface area contributed by atoms with Gasteiger partial charge in [0.05, 0.1) is 18.5 Å². The molecule has 0 spiro atoms. The van der Waals surface area contributed by atoms with Crippen molar-refractivity contribution in [3.63, 3.8) is 0 Å². The molecule has 1 N–H and O–H groups in total. The number of halogens is 2. The molecule has 0 aromatic carbocycles. The van der Waals surface area contributed by atoms with Crippen molar-refractivity contribution >= 4 is 30.5 Å². The van der Waals surface area contributed by atoms with Crippen molar-refractivity contribution in [1.29, 1.82) is 0 Å². The number of hydrogen-bond donors (Lipinski definition) is 1. The van der Waals surface area contributed by atoms with Gasteiger partial charge in [0, 0.05) is 11.5 Å². The number of piperidine rings is 1. The van der Waals surface area contributed by atoms with Crippen molar-refractivity contribution in [2.75, 3.05) is 19.7 Å². The monoisotopic (exact) mass is 360 g/mol. The summed E-state index contributed by atoms with van der Waals surface area (Å²) in [5, 5.41) is 7.88. The summed E-state index contributed by atoms with van der Waals surface area (Å²) in [5.74, 6) is 1.32. The molecular formula is C16H26Cl2N4O. The minimum Gasteiger partial charge on any atom is -0.476 e. The highest BCUT2D eigenvalue weighted by atomic mass is 35.5. The highest BCUT2D eigenvalue weighted by molar-refractivity contribution is 5.85. The Hall–Kier alpha value is -1.04. The molecule has 1 aliphatic rings. The molecular weight excluding hydrogens is 335 g/mol. The number of hydrogen-bond acceptors (Lipinski definition) is 4. The largest absolute Gasteiger partial charge is 0.476 e. The maximum absolute atomic E-state index is 5.86. The van der Waals surface area contributed by atoms with Crippen LogP contribution in [0, 0.1) is 5.92 Å². The third kappa shape index (κ3) is 4.96. The first-order valence-electron chi connectivity index (χ1n) is 7.73. The average Bonchev–Trinajstić information content (AvgIpc) is 2.89. The summed E-state index contributed by atoms with van der Waals surface area (Å²) in [6.07, 6.45) is 4.36. The van der Waals surface area contributed by atoms with E-state index in [-0.39, 0.29) is 30.2 Å². The van der Waals surface area contributed by atoms with Gasteiger partial charge in [-0.15, -0.1) is 29.9 Å². The summed E-state index contributed by atoms with van der Waals surface area (Å²) in [5.41, 5.74) is 1.95. The molecule has 2 aromatic rings. The normalized spacial score (nSPS) is 15.8. The number of aromatic nitrogens is 3. The smallest absolute Gasteiger partial charge is 0.231 e. The van der Waals surface area contributed by atoms with Gasteiger partial charge < -0.3 is 10.1 Å². The van der Waals surface area contributed by atoms with Gasteiger partial charge >= 0.3 is 0 Å². The quantitative estimate of drug-likeness (QED) is 0.912. The summed E-state index contributed by atoms with van der Waals surface area (Å²) in [7, 11) is 0. The molecule has 0 unspecified atom stereocenters. The van der Waals surface area contributed by atoms with Crippen LogP contribution < -0.4 is 10.1 Å². The Labute approximate surface area is 150 Å². The number of nitrogens with one attached hydrogen (secondary N) is 1. The first-order chi connectivity index (χ1) is 10.0. The van der Waals surface area contributed by atoms with Crippen molar-refractivity contribution in [1.82, 2.24) is 19.9 Å². The van der Waals surface area contributed by atoms with Gasteiger partial charge in [-0.05, 0) is 37.9 Å². The van der Waals surface area contributed by atoms with Gasteiger partial charge in [-0.2, -0.15) is 0 Å². The fourth-order valence-electron chi connectivity index (χ4n) is 2.55. The van der Waals surface area contributed by atoms with Crippen LogP contribution in [-0.4, -0.2) is 34.3 Å². The van der Waals surface area contributed by atoms with Crippen LogP contribution in [0.1, 0.15) is 39.3 Å². The van der Waals surface area contributed by atoms with Crippen LogP contribution in [0.15, 0.2) is 18.3 Å². The third-order valence-corrected chi connectivity index (χ3v) is 3.99. The first-order valence-corrected chi connectivity index (χ1v) is 7.73. The second-order valence-electron chi connectivity index (χ2n) is 6.85. The standard InChI is InChI=1S/C16H24N4O.2ClH/c1-16(2,3)13-10-20-14(18-13)4-5-15(19-20)21-11-12-6-8-17-9-7-12;;/h4-5,10,12,17H,6-9,11H2,1-3H3;2*1H. The second-order valence-corrected chi connectivity index (χ2v) is 6.85. The van der Waals surface area contributed by atoms with Crippen molar-refractivity contribution in [3.05, 3.63) is 24.0 Å². The van der Waals surface area contributed by atoms with Crippen LogP contribution in [0.2, 0.25) is 0 Å². The lowest BCUT2D eigenvalue weighted by atomic mass is 9.93. The summed E-state index contributed by atoms with van der Waals surface area (Å²) in [6.45, 7) is 9.41. The van der Waals surface area contributed by atoms with E-state index < -0.39 is 0 Å². The molecule has 0 saturated carbocycles. The van der Waals surface area contributed by atoms with Gasteiger partial charge in [-0.3, -0.25) is 0 Å². The van der Waals surface area contributed by atoms with Crippen molar-refractivity contribution in [2.24, 2.45) is 5.92 Å². The van der Waals surface area contributed by atoms with Gasteiger partial charge in [0.15, 0.2) is 5.65 Å². The van der Waals surface area contributed by atoms with Gasteiger partial charge in [0.2, 0.25) is 5.88 Å². The Morgan fingerprint density at radius 2 is 1.91 bits per heavy atom. The highest BCUT2D eigenvalue weighted by Gasteiger charge is 2.18. The summed E-state index contributed by atoms with van der Waals surface area (Å²) in [6, 6.07) is 3.88. The molecule has 0 amide bonds. The predicted molar refractivity (Wildman–Crippen MR) is 97.3 cm³/mol. The van der Waals surface area contributed by atoms with Gasteiger partial charge in [-0.1, -0.05) is 20.8 Å². The van der Waals surface area contributed by atoms with E-state index in [0.717, 1.165) is 31.0 Å². The molecule has 5 nitrogen and oxygen atoms in total. The Morgan fingerprint density at radius 1 is 1.22 bits per heavy atom. The van der Waals surface area contributed by atoms with E-state index in [1.54, 1.807) is 0 Å². The van der Waals surface area contributed by atoms with Crippen LogP contribution in [0.3, 0.4) is 0 Å². The predicted octanol–water partition coefficient (Wildman–Crippen LogP) is 3.25. The summed E-state index contributed by atoms with van der Waals surface area (Å²) in [4.78, 5) is 4.61. The third-order valence-electron chi connectivity index (χ3n) is 3.99. The average molecular weight is 361 g/mol. The number of fused-ring (bicyclic) bond motifs is 1. The molecule has 0 aliphatic carbocycles. The Balaban J connectivity index is 0.00000132. The van der Waals surface area contributed by atoms with E-state index in [4.69, 9.17) is 4.74 Å². The molecule has 0 atom stereocenters. The first kappa shape index (κ1) is 20.0. The number of nitrogens with zero attached hydrogens (tertiary/aromatic N) is 3. The molecule has 3 heterocycles. The van der Waals surface area contributed by atoms with E-state index in [9.17, 15) is 0 Å². The number of imidazole rings is 1. The highest BCUT2D eigenvalue weighted by Crippen LogP contribution is 2.22. The lowest BCUT2D eigenvalue weighted by Gasteiger charge is -2.22. The van der Waals surface area contributed by atoms with Crippen LogP contribution >= 0.6 is 24.8 Å².